The van der Waals surface area contributed by atoms with Crippen molar-refractivity contribution in [1.82, 2.24) is 19.7 Å². The summed E-state index contributed by atoms with van der Waals surface area (Å²) in [6.07, 6.45) is 4.47. The Bertz CT molecular complexity index is 1420. The van der Waals surface area contributed by atoms with Crippen LogP contribution >= 0.6 is 0 Å². The minimum Gasteiger partial charge on any atom is -0.331 e. The Labute approximate surface area is 191 Å². The number of nitrogens with zero attached hydrogens (tertiary/aromatic N) is 4. The number of benzene rings is 2. The molecular formula is C27H23FN4O. The first-order chi connectivity index (χ1) is 16.0. The number of pyridine rings is 1. The van der Waals surface area contributed by atoms with E-state index in [0.717, 1.165) is 47.3 Å². The zero-order valence-corrected chi connectivity index (χ0v) is 18.5. The summed E-state index contributed by atoms with van der Waals surface area (Å²) in [5, 5.41) is 4.75. The van der Waals surface area contributed by atoms with Gasteiger partial charge in [-0.3, -0.25) is 9.78 Å². The van der Waals surface area contributed by atoms with Crippen LogP contribution in [-0.2, 0) is 12.0 Å². The molecule has 1 amide bonds. The largest absolute Gasteiger partial charge is 0.331 e. The van der Waals surface area contributed by atoms with Crippen LogP contribution < -0.4 is 0 Å². The van der Waals surface area contributed by atoms with Crippen LogP contribution in [0.1, 0.15) is 41.5 Å². The molecule has 1 aliphatic carbocycles. The van der Waals surface area contributed by atoms with Crippen LogP contribution in [0.2, 0.25) is 0 Å². The average molecular weight is 439 g/mol. The molecular weight excluding hydrogens is 415 g/mol. The van der Waals surface area contributed by atoms with Crippen LogP contribution in [0.4, 0.5) is 4.39 Å². The summed E-state index contributed by atoms with van der Waals surface area (Å²) in [5.74, 6) is -0.460. The molecule has 2 aromatic carbocycles. The zero-order valence-electron chi connectivity index (χ0n) is 18.5. The quantitative estimate of drug-likeness (QED) is 0.432. The fourth-order valence-electron chi connectivity index (χ4n) is 5.04. The van der Waals surface area contributed by atoms with Gasteiger partial charge in [0.05, 0.1) is 16.9 Å². The lowest BCUT2D eigenvalue weighted by molar-refractivity contribution is 0.0704. The lowest BCUT2D eigenvalue weighted by Gasteiger charge is -2.27. The Morgan fingerprint density at radius 3 is 2.58 bits per heavy atom. The van der Waals surface area contributed by atoms with E-state index >= 15 is 0 Å². The Balaban J connectivity index is 1.61. The smallest absolute Gasteiger partial charge is 0.273 e. The molecule has 1 aliphatic heterocycles. The Hall–Kier alpha value is -3.80. The topological polar surface area (TPSA) is 51.0 Å². The third-order valence-corrected chi connectivity index (χ3v) is 7.01. The van der Waals surface area contributed by atoms with E-state index in [9.17, 15) is 9.18 Å². The summed E-state index contributed by atoms with van der Waals surface area (Å²) in [4.78, 5) is 19.9. The van der Waals surface area contributed by atoms with Gasteiger partial charge in [0.1, 0.15) is 11.5 Å². The summed E-state index contributed by atoms with van der Waals surface area (Å²) >= 11 is 0. The molecule has 0 bridgehead atoms. The highest BCUT2D eigenvalue weighted by Gasteiger charge is 2.53. The molecule has 1 spiro atoms. The number of rotatable bonds is 3. The number of hydrogen-bond donors (Lipinski definition) is 0. The van der Waals surface area contributed by atoms with Gasteiger partial charge in [-0.15, -0.1) is 0 Å². The molecule has 0 radical (unpaired) electrons. The molecule has 5 nitrogen and oxygen atoms in total. The number of aryl methyl sites for hydroxylation is 1. The summed E-state index contributed by atoms with van der Waals surface area (Å²) in [7, 11) is 1.86. The van der Waals surface area contributed by atoms with Crippen LogP contribution in [0.25, 0.3) is 28.1 Å². The number of amides is 1. The molecule has 0 atom stereocenters. The standard InChI is InChI=1S/C27H23FN4O/c1-3-22-18(8-6-14-29-22)17-10-11-20-24(15-17)32-25(26(33)31(2)27(20)12-13-27)16-23(30-32)19-7-4-5-9-21(19)28/h4-11,14-16H,3,12-13H2,1-2H3. The lowest BCUT2D eigenvalue weighted by atomic mass is 9.95. The second-order valence-corrected chi connectivity index (χ2v) is 8.79. The summed E-state index contributed by atoms with van der Waals surface area (Å²) in [6, 6.07) is 18.6. The van der Waals surface area contributed by atoms with Gasteiger partial charge in [0.2, 0.25) is 0 Å². The summed E-state index contributed by atoms with van der Waals surface area (Å²) in [5.41, 5.74) is 6.02. The molecule has 3 heterocycles. The third-order valence-electron chi connectivity index (χ3n) is 7.01. The number of fused-ring (bicyclic) bond motifs is 4. The van der Waals surface area contributed by atoms with E-state index in [4.69, 9.17) is 5.10 Å². The van der Waals surface area contributed by atoms with Gasteiger partial charge in [-0.2, -0.15) is 5.10 Å². The first-order valence-corrected chi connectivity index (χ1v) is 11.3. The van der Waals surface area contributed by atoms with E-state index < -0.39 is 0 Å². The monoisotopic (exact) mass is 438 g/mol. The fraction of sp³-hybridized carbons (Fsp3) is 0.222. The van der Waals surface area contributed by atoms with Crippen molar-refractivity contribution in [3.8, 4) is 28.1 Å². The minimum absolute atomic E-state index is 0.101. The van der Waals surface area contributed by atoms with Crippen molar-refractivity contribution >= 4 is 5.91 Å². The molecule has 2 aromatic heterocycles. The van der Waals surface area contributed by atoms with E-state index in [2.05, 4.69) is 36.2 Å². The van der Waals surface area contributed by atoms with Gasteiger partial charge >= 0.3 is 0 Å². The molecule has 4 aromatic rings. The van der Waals surface area contributed by atoms with Gasteiger partial charge in [-0.1, -0.05) is 37.3 Å². The van der Waals surface area contributed by atoms with Crippen molar-refractivity contribution in [2.24, 2.45) is 0 Å². The number of carbonyl (C=O) groups excluding carboxylic acids is 1. The highest BCUT2D eigenvalue weighted by atomic mass is 19.1. The maximum Gasteiger partial charge on any atom is 0.273 e. The van der Waals surface area contributed by atoms with Crippen molar-refractivity contribution in [3.05, 3.63) is 89.6 Å². The third kappa shape index (κ3) is 2.86. The van der Waals surface area contributed by atoms with Crippen LogP contribution in [0.5, 0.6) is 0 Å². The SMILES string of the molecule is CCc1ncccc1-c1ccc2c(c1)-n1nc(-c3ccccc3F)cc1C(=O)N(C)C21CC1. The molecule has 0 N–H and O–H groups in total. The van der Waals surface area contributed by atoms with Crippen molar-refractivity contribution in [2.45, 2.75) is 31.7 Å². The van der Waals surface area contributed by atoms with Gasteiger partial charge in [-0.05, 0) is 55.2 Å². The average Bonchev–Trinajstić information content (AvgIpc) is 3.55. The fourth-order valence-corrected chi connectivity index (χ4v) is 5.04. The Morgan fingerprint density at radius 1 is 1.03 bits per heavy atom. The van der Waals surface area contributed by atoms with Crippen molar-refractivity contribution in [2.75, 3.05) is 7.05 Å². The zero-order chi connectivity index (χ0) is 22.7. The van der Waals surface area contributed by atoms with Gasteiger partial charge in [-0.25, -0.2) is 9.07 Å². The maximum absolute atomic E-state index is 14.5. The van der Waals surface area contributed by atoms with Crippen LogP contribution in [0, 0.1) is 5.82 Å². The van der Waals surface area contributed by atoms with E-state index in [1.807, 2.05) is 24.2 Å². The molecule has 2 aliphatic rings. The molecule has 6 rings (SSSR count). The second kappa shape index (κ2) is 7.10. The lowest BCUT2D eigenvalue weighted by Crippen LogP contribution is -2.36. The van der Waals surface area contributed by atoms with E-state index in [-0.39, 0.29) is 17.3 Å². The first-order valence-electron chi connectivity index (χ1n) is 11.3. The number of aromatic nitrogens is 3. The summed E-state index contributed by atoms with van der Waals surface area (Å²) < 4.78 is 16.2. The Kier molecular flexibility index (Phi) is 4.27. The number of hydrogen-bond acceptors (Lipinski definition) is 3. The molecule has 0 saturated heterocycles. The van der Waals surface area contributed by atoms with Gasteiger partial charge < -0.3 is 4.90 Å². The van der Waals surface area contributed by atoms with Gasteiger partial charge in [0.25, 0.3) is 5.91 Å². The van der Waals surface area contributed by atoms with E-state index in [0.29, 0.717) is 17.0 Å². The second-order valence-electron chi connectivity index (χ2n) is 8.79. The number of carbonyl (C=O) groups is 1. The molecule has 164 valence electrons. The van der Waals surface area contributed by atoms with Crippen LogP contribution in [0.3, 0.4) is 0 Å². The van der Waals surface area contributed by atoms with Crippen LogP contribution in [-0.4, -0.2) is 32.6 Å². The predicted octanol–water partition coefficient (Wildman–Crippen LogP) is 5.38. The van der Waals surface area contributed by atoms with Crippen molar-refractivity contribution in [3.63, 3.8) is 0 Å². The molecule has 1 saturated carbocycles. The highest BCUT2D eigenvalue weighted by molar-refractivity contribution is 5.96. The number of halogens is 1. The van der Waals surface area contributed by atoms with Crippen LogP contribution in [0.15, 0.2) is 66.9 Å². The maximum atomic E-state index is 14.5. The molecule has 1 fully saturated rings. The highest BCUT2D eigenvalue weighted by Crippen LogP contribution is 2.54. The minimum atomic E-state index is -0.359. The van der Waals surface area contributed by atoms with Gasteiger partial charge in [0, 0.05) is 35.6 Å². The van der Waals surface area contributed by atoms with E-state index in [1.54, 1.807) is 28.9 Å². The van der Waals surface area contributed by atoms with Gasteiger partial charge in [0.15, 0.2) is 0 Å². The Morgan fingerprint density at radius 2 is 1.82 bits per heavy atom. The summed E-state index contributed by atoms with van der Waals surface area (Å²) in [6.45, 7) is 2.09. The van der Waals surface area contributed by atoms with Crippen molar-refractivity contribution < 1.29 is 9.18 Å². The van der Waals surface area contributed by atoms with Crippen molar-refractivity contribution in [1.29, 1.82) is 0 Å². The normalized spacial score (nSPS) is 15.8. The predicted molar refractivity (Wildman–Crippen MR) is 125 cm³/mol. The molecule has 0 unspecified atom stereocenters. The van der Waals surface area contributed by atoms with E-state index in [1.165, 1.54) is 6.07 Å². The first kappa shape index (κ1) is 19.9. The molecule has 33 heavy (non-hydrogen) atoms. The molecule has 6 heteroatoms.